The SMILES string of the molecule is CCC1c2ccc(C(=O)Nc3ccc(C=NN4CCOCC4)cc3)cc2CCN1CC(=O)O. The minimum Gasteiger partial charge on any atom is -0.480 e. The van der Waals surface area contributed by atoms with Crippen molar-refractivity contribution in [2.24, 2.45) is 5.10 Å². The highest BCUT2D eigenvalue weighted by atomic mass is 16.5. The lowest BCUT2D eigenvalue weighted by Gasteiger charge is -2.36. The number of carboxylic acids is 1. The van der Waals surface area contributed by atoms with Crippen LogP contribution in [0.2, 0.25) is 0 Å². The fourth-order valence-electron chi connectivity index (χ4n) is 4.42. The van der Waals surface area contributed by atoms with Gasteiger partial charge in [0.15, 0.2) is 0 Å². The highest BCUT2D eigenvalue weighted by molar-refractivity contribution is 6.04. The van der Waals surface area contributed by atoms with Gasteiger partial charge >= 0.3 is 5.97 Å². The van der Waals surface area contributed by atoms with Crippen LogP contribution < -0.4 is 5.32 Å². The van der Waals surface area contributed by atoms with Crippen molar-refractivity contribution in [1.29, 1.82) is 0 Å². The van der Waals surface area contributed by atoms with Crippen LogP contribution in [-0.4, -0.2) is 72.5 Å². The molecule has 0 spiro atoms. The summed E-state index contributed by atoms with van der Waals surface area (Å²) in [5.74, 6) is -0.972. The molecular weight excluding hydrogens is 420 g/mol. The average molecular weight is 451 g/mol. The summed E-state index contributed by atoms with van der Waals surface area (Å²) < 4.78 is 5.32. The first-order valence-corrected chi connectivity index (χ1v) is 11.4. The molecule has 2 aliphatic heterocycles. The van der Waals surface area contributed by atoms with Crippen LogP contribution in [0.3, 0.4) is 0 Å². The molecule has 0 aliphatic carbocycles. The summed E-state index contributed by atoms with van der Waals surface area (Å²) >= 11 is 0. The Balaban J connectivity index is 1.39. The van der Waals surface area contributed by atoms with Crippen LogP contribution in [0.1, 0.15) is 46.4 Å². The summed E-state index contributed by atoms with van der Waals surface area (Å²) in [6, 6.07) is 13.4. The maximum absolute atomic E-state index is 12.8. The van der Waals surface area contributed by atoms with E-state index in [4.69, 9.17) is 4.74 Å². The molecule has 1 atom stereocenters. The number of rotatable bonds is 7. The Bertz CT molecular complexity index is 1020. The van der Waals surface area contributed by atoms with E-state index in [0.29, 0.717) is 25.3 Å². The zero-order valence-corrected chi connectivity index (χ0v) is 18.9. The Kier molecular flexibility index (Phi) is 7.36. The van der Waals surface area contributed by atoms with E-state index in [0.717, 1.165) is 48.3 Å². The van der Waals surface area contributed by atoms with E-state index in [1.54, 1.807) is 0 Å². The van der Waals surface area contributed by atoms with E-state index >= 15 is 0 Å². The largest absolute Gasteiger partial charge is 0.480 e. The van der Waals surface area contributed by atoms with Crippen LogP contribution in [0.15, 0.2) is 47.6 Å². The topological polar surface area (TPSA) is 94.5 Å². The highest BCUT2D eigenvalue weighted by Crippen LogP contribution is 2.32. The van der Waals surface area contributed by atoms with E-state index in [2.05, 4.69) is 17.3 Å². The number of amides is 1. The first-order chi connectivity index (χ1) is 16.0. The maximum atomic E-state index is 12.8. The summed E-state index contributed by atoms with van der Waals surface area (Å²) in [6.45, 7) is 5.76. The molecule has 1 fully saturated rings. The van der Waals surface area contributed by atoms with Crippen LogP contribution in [0.4, 0.5) is 5.69 Å². The molecule has 1 amide bonds. The van der Waals surface area contributed by atoms with Crippen molar-refractivity contribution in [2.45, 2.75) is 25.8 Å². The number of hydrazone groups is 1. The fraction of sp³-hybridized carbons (Fsp3) is 0.400. The second-order valence-electron chi connectivity index (χ2n) is 8.34. The van der Waals surface area contributed by atoms with Crippen molar-refractivity contribution in [3.05, 3.63) is 64.7 Å². The number of benzene rings is 2. The van der Waals surface area contributed by atoms with Gasteiger partial charge in [-0.25, -0.2) is 0 Å². The van der Waals surface area contributed by atoms with Gasteiger partial charge in [0.2, 0.25) is 0 Å². The minimum absolute atomic E-state index is 0.0351. The quantitative estimate of drug-likeness (QED) is 0.630. The molecule has 8 nitrogen and oxygen atoms in total. The molecular formula is C25H30N4O4. The van der Waals surface area contributed by atoms with Gasteiger partial charge in [-0.15, -0.1) is 0 Å². The molecule has 2 aromatic carbocycles. The highest BCUT2D eigenvalue weighted by Gasteiger charge is 2.28. The van der Waals surface area contributed by atoms with E-state index in [1.165, 1.54) is 0 Å². The van der Waals surface area contributed by atoms with E-state index < -0.39 is 5.97 Å². The molecule has 33 heavy (non-hydrogen) atoms. The van der Waals surface area contributed by atoms with Gasteiger partial charge in [-0.1, -0.05) is 25.1 Å². The van der Waals surface area contributed by atoms with Gasteiger partial charge < -0.3 is 15.2 Å². The number of carboxylic acid groups (broad SMARTS) is 1. The number of anilines is 1. The number of fused-ring (bicyclic) bond motifs is 1. The molecule has 1 saturated heterocycles. The number of carbonyl (C=O) groups is 2. The first kappa shape index (κ1) is 22.9. The second kappa shape index (κ2) is 10.6. The Hall–Kier alpha value is -3.23. The summed E-state index contributed by atoms with van der Waals surface area (Å²) in [4.78, 5) is 26.0. The molecule has 4 rings (SSSR count). The Morgan fingerprint density at radius 3 is 2.61 bits per heavy atom. The second-order valence-corrected chi connectivity index (χ2v) is 8.34. The van der Waals surface area contributed by atoms with Gasteiger partial charge in [-0.05, 0) is 53.8 Å². The molecule has 0 aromatic heterocycles. The lowest BCUT2D eigenvalue weighted by molar-refractivity contribution is -0.139. The standard InChI is InChI=1S/C25H30N4O4/c1-2-23-22-8-5-20(15-19(22)9-10-28(23)17-24(30)31)25(32)27-21-6-3-18(4-7-21)16-26-29-11-13-33-14-12-29/h3-8,15-16,23H,2,9-14,17H2,1H3,(H,27,32)(H,30,31). The van der Waals surface area contributed by atoms with E-state index in [-0.39, 0.29) is 18.5 Å². The van der Waals surface area contributed by atoms with Gasteiger partial charge in [0.25, 0.3) is 5.91 Å². The third-order valence-electron chi connectivity index (χ3n) is 6.12. The lowest BCUT2D eigenvalue weighted by atomic mass is 9.89. The molecule has 1 unspecified atom stereocenters. The minimum atomic E-state index is -0.814. The summed E-state index contributed by atoms with van der Waals surface area (Å²) in [5, 5.41) is 18.6. The van der Waals surface area contributed by atoms with Gasteiger partial charge in [0, 0.05) is 23.8 Å². The molecule has 2 N–H and O–H groups in total. The smallest absolute Gasteiger partial charge is 0.317 e. The van der Waals surface area contributed by atoms with E-state index in [1.807, 2.05) is 58.6 Å². The van der Waals surface area contributed by atoms with Crippen molar-refractivity contribution < 1.29 is 19.4 Å². The third-order valence-corrected chi connectivity index (χ3v) is 6.12. The Morgan fingerprint density at radius 2 is 1.91 bits per heavy atom. The van der Waals surface area contributed by atoms with E-state index in [9.17, 15) is 14.7 Å². The predicted octanol–water partition coefficient (Wildman–Crippen LogP) is 3.00. The number of carbonyl (C=O) groups excluding carboxylic acids is 1. The van der Waals surface area contributed by atoms with Crippen molar-refractivity contribution in [3.63, 3.8) is 0 Å². The van der Waals surface area contributed by atoms with Gasteiger partial charge in [-0.3, -0.25) is 19.5 Å². The molecule has 0 radical (unpaired) electrons. The van der Waals surface area contributed by atoms with Crippen LogP contribution >= 0.6 is 0 Å². The summed E-state index contributed by atoms with van der Waals surface area (Å²) in [5.41, 5.74) is 4.52. The predicted molar refractivity (Wildman–Crippen MR) is 127 cm³/mol. The maximum Gasteiger partial charge on any atom is 0.317 e. The number of aliphatic carboxylic acids is 1. The van der Waals surface area contributed by atoms with Crippen molar-refractivity contribution in [3.8, 4) is 0 Å². The van der Waals surface area contributed by atoms with Crippen molar-refractivity contribution in [2.75, 3.05) is 44.7 Å². The zero-order chi connectivity index (χ0) is 23.2. The first-order valence-electron chi connectivity index (χ1n) is 11.4. The van der Waals surface area contributed by atoms with Crippen LogP contribution in [0.5, 0.6) is 0 Å². The van der Waals surface area contributed by atoms with Crippen LogP contribution in [0.25, 0.3) is 0 Å². The molecule has 2 aromatic rings. The monoisotopic (exact) mass is 450 g/mol. The summed E-state index contributed by atoms with van der Waals surface area (Å²) in [7, 11) is 0. The molecule has 2 heterocycles. The number of morpholine rings is 1. The lowest BCUT2D eigenvalue weighted by Crippen LogP contribution is -2.38. The molecule has 8 heteroatoms. The fourth-order valence-corrected chi connectivity index (χ4v) is 4.42. The van der Waals surface area contributed by atoms with Crippen LogP contribution in [-0.2, 0) is 16.0 Å². The van der Waals surface area contributed by atoms with Gasteiger partial charge in [-0.2, -0.15) is 5.10 Å². The average Bonchev–Trinajstić information content (AvgIpc) is 2.83. The van der Waals surface area contributed by atoms with Crippen molar-refractivity contribution in [1.82, 2.24) is 9.91 Å². The Labute approximate surface area is 193 Å². The zero-order valence-electron chi connectivity index (χ0n) is 18.9. The number of hydrogen-bond donors (Lipinski definition) is 2. The van der Waals surface area contributed by atoms with Gasteiger partial charge in [0.1, 0.15) is 0 Å². The molecule has 2 aliphatic rings. The normalized spacial score (nSPS) is 18.8. The number of ether oxygens (including phenoxy) is 1. The van der Waals surface area contributed by atoms with Gasteiger partial charge in [0.05, 0.1) is 39.1 Å². The van der Waals surface area contributed by atoms with Crippen LogP contribution in [0, 0.1) is 0 Å². The summed E-state index contributed by atoms with van der Waals surface area (Å²) in [6.07, 6.45) is 3.38. The third kappa shape index (κ3) is 5.77. The van der Waals surface area contributed by atoms with Crippen molar-refractivity contribution >= 4 is 23.8 Å². The molecule has 0 bridgehead atoms. The Morgan fingerprint density at radius 1 is 1.15 bits per heavy atom. The number of hydrogen-bond acceptors (Lipinski definition) is 6. The molecule has 0 saturated carbocycles. The molecule has 174 valence electrons. The number of nitrogens with one attached hydrogen (secondary N) is 1. The number of nitrogens with zero attached hydrogens (tertiary/aromatic N) is 3.